The first-order chi connectivity index (χ1) is 16.9. The second-order valence-electron chi connectivity index (χ2n) is 7.16. The minimum absolute atomic E-state index is 0.125. The van der Waals surface area contributed by atoms with Crippen molar-refractivity contribution in [2.24, 2.45) is 5.92 Å². The Labute approximate surface area is 205 Å². The van der Waals surface area contributed by atoms with Gasteiger partial charge in [-0.1, -0.05) is 12.2 Å². The van der Waals surface area contributed by atoms with Gasteiger partial charge in [-0.3, -0.25) is 20.2 Å². The molecule has 0 bridgehead atoms. The summed E-state index contributed by atoms with van der Waals surface area (Å²) in [6.07, 6.45) is 4.95. The Hall–Kier alpha value is -4.55. The van der Waals surface area contributed by atoms with Crippen molar-refractivity contribution in [1.82, 2.24) is 4.31 Å². The number of nitrogens with zero attached hydrogens (tertiary/aromatic N) is 4. The van der Waals surface area contributed by atoms with E-state index >= 15 is 0 Å². The normalized spacial score (nSPS) is 14.6. The van der Waals surface area contributed by atoms with Crippen molar-refractivity contribution < 1.29 is 30.9 Å². The molecule has 2 aromatic rings. The largest absolute Gasteiger partial charge is 0.383 e. The van der Waals surface area contributed by atoms with Crippen LogP contribution in [0.2, 0.25) is 0 Å². The molecule has 0 radical (unpaired) electrons. The zero-order valence-electron chi connectivity index (χ0n) is 18.3. The fourth-order valence-electron chi connectivity index (χ4n) is 3.06. The highest BCUT2D eigenvalue weighted by Crippen LogP contribution is 2.28. The fraction of sp³-hybridized carbons (Fsp3) is 0.0952. The molecule has 1 aliphatic heterocycles. The third kappa shape index (κ3) is 5.40. The maximum atomic E-state index is 12.8. The van der Waals surface area contributed by atoms with E-state index in [1.807, 2.05) is 6.07 Å². The quantitative estimate of drug-likeness (QED) is 0.160. The Bertz CT molecular complexity index is 1540. The summed E-state index contributed by atoms with van der Waals surface area (Å²) in [5, 5.41) is 31.1. The highest BCUT2D eigenvalue weighted by Gasteiger charge is 2.26. The van der Waals surface area contributed by atoms with E-state index < -0.39 is 35.9 Å². The van der Waals surface area contributed by atoms with Gasteiger partial charge in [-0.25, -0.2) is 12.7 Å². The first-order valence-electron chi connectivity index (χ1n) is 9.81. The van der Waals surface area contributed by atoms with E-state index in [1.165, 1.54) is 19.1 Å². The van der Waals surface area contributed by atoms with Crippen molar-refractivity contribution in [3.63, 3.8) is 0 Å². The van der Waals surface area contributed by atoms with Crippen LogP contribution in [0.25, 0.3) is 0 Å². The summed E-state index contributed by atoms with van der Waals surface area (Å²) < 4.78 is 56.5. The minimum Gasteiger partial charge on any atom is -0.383 e. The zero-order chi connectivity index (χ0) is 26.7. The average Bonchev–Trinajstić information content (AvgIpc) is 2.84. The maximum absolute atomic E-state index is 12.8. The standard InChI is InChI=1S/C21H16N4O9S2/c1-15(34-36(32,33)20-8-4-18(5-9-20)25(28)29)21(14-22)16-10-12-23(13-11-16)35(30,31)19-6-2-17(3-7-19)24(26)27/h2-13,16H,1H3/b21-15+. The van der Waals surface area contributed by atoms with E-state index in [4.69, 9.17) is 4.18 Å². The Kier molecular flexibility index (Phi) is 7.22. The van der Waals surface area contributed by atoms with Gasteiger partial charge in [0.05, 0.1) is 26.4 Å². The first kappa shape index (κ1) is 26.1. The molecule has 1 heterocycles. The third-order valence-electron chi connectivity index (χ3n) is 4.91. The van der Waals surface area contributed by atoms with E-state index in [1.54, 1.807) is 0 Å². The Morgan fingerprint density at radius 3 is 1.75 bits per heavy atom. The predicted molar refractivity (Wildman–Crippen MR) is 124 cm³/mol. The molecule has 186 valence electrons. The molecule has 0 aliphatic carbocycles. The molecular formula is C21H16N4O9S2. The number of nitro groups is 2. The van der Waals surface area contributed by atoms with Gasteiger partial charge >= 0.3 is 10.1 Å². The fourth-order valence-corrected chi connectivity index (χ4v) is 5.23. The van der Waals surface area contributed by atoms with E-state index in [9.17, 15) is 42.3 Å². The molecule has 0 fully saturated rings. The van der Waals surface area contributed by atoms with Gasteiger partial charge in [0.2, 0.25) is 0 Å². The van der Waals surface area contributed by atoms with Crippen LogP contribution in [0.1, 0.15) is 6.92 Å². The van der Waals surface area contributed by atoms with Crippen LogP contribution in [0.5, 0.6) is 0 Å². The molecule has 0 spiro atoms. The lowest BCUT2D eigenvalue weighted by molar-refractivity contribution is -0.385. The van der Waals surface area contributed by atoms with Gasteiger partial charge in [0, 0.05) is 42.6 Å². The summed E-state index contributed by atoms with van der Waals surface area (Å²) in [4.78, 5) is 19.6. The SMILES string of the molecule is C/C(OS(=O)(=O)c1ccc([N+](=O)[O-])cc1)=C(/C#N)C1C=CN(S(=O)(=O)c2ccc([N+](=O)[O-])cc2)C=C1. The molecule has 3 rings (SSSR count). The van der Waals surface area contributed by atoms with Crippen LogP contribution in [0.3, 0.4) is 0 Å². The van der Waals surface area contributed by atoms with Gasteiger partial charge < -0.3 is 4.18 Å². The highest BCUT2D eigenvalue weighted by atomic mass is 32.2. The molecule has 0 aromatic heterocycles. The predicted octanol–water partition coefficient (Wildman–Crippen LogP) is 3.35. The molecule has 0 unspecified atom stereocenters. The number of nitriles is 1. The summed E-state index contributed by atoms with van der Waals surface area (Å²) in [5.74, 6) is -1.10. The summed E-state index contributed by atoms with van der Waals surface area (Å²) in [7, 11) is -8.50. The molecule has 13 nitrogen and oxygen atoms in total. The Balaban J connectivity index is 1.81. The van der Waals surface area contributed by atoms with Crippen LogP contribution in [0.15, 0.2) is 94.2 Å². The number of benzene rings is 2. The number of rotatable bonds is 8. The highest BCUT2D eigenvalue weighted by molar-refractivity contribution is 7.89. The van der Waals surface area contributed by atoms with Crippen LogP contribution in [-0.2, 0) is 24.3 Å². The van der Waals surface area contributed by atoms with E-state index in [-0.39, 0.29) is 32.5 Å². The molecule has 0 saturated heterocycles. The number of allylic oxidation sites excluding steroid dienone is 4. The van der Waals surface area contributed by atoms with Crippen molar-refractivity contribution in [3.05, 3.63) is 105 Å². The van der Waals surface area contributed by atoms with Crippen LogP contribution in [0, 0.1) is 37.5 Å². The van der Waals surface area contributed by atoms with Gasteiger partial charge in [-0.2, -0.15) is 13.7 Å². The van der Waals surface area contributed by atoms with Crippen molar-refractivity contribution in [3.8, 4) is 6.07 Å². The Morgan fingerprint density at radius 2 is 1.33 bits per heavy atom. The molecule has 0 saturated carbocycles. The Morgan fingerprint density at radius 1 is 0.889 bits per heavy atom. The summed E-state index contributed by atoms with van der Waals surface area (Å²) in [5.41, 5.74) is -0.716. The lowest BCUT2D eigenvalue weighted by Gasteiger charge is -2.22. The van der Waals surface area contributed by atoms with E-state index in [0.717, 1.165) is 65.2 Å². The molecule has 36 heavy (non-hydrogen) atoms. The maximum Gasteiger partial charge on any atom is 0.338 e. The molecule has 0 amide bonds. The van der Waals surface area contributed by atoms with E-state index in [2.05, 4.69) is 0 Å². The number of hydrogen-bond acceptors (Lipinski definition) is 10. The molecule has 2 aromatic carbocycles. The molecular weight excluding hydrogens is 516 g/mol. The first-order valence-corrected chi connectivity index (χ1v) is 12.7. The monoisotopic (exact) mass is 532 g/mol. The number of non-ortho nitro benzene ring substituents is 2. The number of hydrogen-bond donors (Lipinski definition) is 0. The van der Waals surface area contributed by atoms with Gasteiger partial charge in [0.25, 0.3) is 21.4 Å². The summed E-state index contributed by atoms with van der Waals surface area (Å²) >= 11 is 0. The number of nitro benzene ring substituents is 2. The lowest BCUT2D eigenvalue weighted by atomic mass is 9.98. The minimum atomic E-state index is -4.41. The second-order valence-corrected chi connectivity index (χ2v) is 10.6. The summed E-state index contributed by atoms with van der Waals surface area (Å²) in [6.45, 7) is 1.24. The zero-order valence-corrected chi connectivity index (χ0v) is 19.9. The molecule has 1 aliphatic rings. The van der Waals surface area contributed by atoms with Crippen LogP contribution in [0.4, 0.5) is 11.4 Å². The van der Waals surface area contributed by atoms with Gasteiger partial charge in [0.15, 0.2) is 0 Å². The van der Waals surface area contributed by atoms with Gasteiger partial charge in [-0.05, 0) is 31.2 Å². The molecule has 15 heteroatoms. The van der Waals surface area contributed by atoms with Crippen molar-refractivity contribution in [2.75, 3.05) is 0 Å². The van der Waals surface area contributed by atoms with Gasteiger partial charge in [0.1, 0.15) is 10.7 Å². The molecule has 0 atom stereocenters. The van der Waals surface area contributed by atoms with Crippen LogP contribution < -0.4 is 0 Å². The molecule has 0 N–H and O–H groups in total. The van der Waals surface area contributed by atoms with Crippen molar-refractivity contribution >= 4 is 31.5 Å². The van der Waals surface area contributed by atoms with Gasteiger partial charge in [-0.15, -0.1) is 0 Å². The smallest absolute Gasteiger partial charge is 0.338 e. The topological polar surface area (TPSA) is 191 Å². The van der Waals surface area contributed by atoms with Crippen LogP contribution >= 0.6 is 0 Å². The lowest BCUT2D eigenvalue weighted by Crippen LogP contribution is -2.23. The summed E-state index contributed by atoms with van der Waals surface area (Å²) in [6, 6.07) is 10.1. The third-order valence-corrected chi connectivity index (χ3v) is 7.89. The van der Waals surface area contributed by atoms with E-state index in [0.29, 0.717) is 0 Å². The second kappa shape index (κ2) is 9.98. The van der Waals surface area contributed by atoms with Crippen LogP contribution in [-0.4, -0.2) is 31.0 Å². The van der Waals surface area contributed by atoms with Crippen molar-refractivity contribution in [2.45, 2.75) is 16.7 Å². The average molecular weight is 533 g/mol. The number of sulfonamides is 1. The van der Waals surface area contributed by atoms with Crippen molar-refractivity contribution in [1.29, 1.82) is 5.26 Å².